The Bertz CT molecular complexity index is 1140. The number of phenolic OH excluding ortho intramolecular Hbond substituents is 1. The van der Waals surface area contributed by atoms with Gasteiger partial charge < -0.3 is 31.1 Å². The number of aromatic hydroxyl groups is 1. The fourth-order valence-electron chi connectivity index (χ4n) is 3.83. The molecule has 2 unspecified atom stereocenters. The second-order valence-electron chi connectivity index (χ2n) is 10.0. The monoisotopic (exact) mass is 526 g/mol. The van der Waals surface area contributed by atoms with Gasteiger partial charge in [-0.3, -0.25) is 14.4 Å². The average molecular weight is 527 g/mol. The van der Waals surface area contributed by atoms with Crippen LogP contribution in [0.25, 0.3) is 0 Å². The molecule has 4 amide bonds. The van der Waals surface area contributed by atoms with Crippen molar-refractivity contribution >= 4 is 29.5 Å². The predicted octanol–water partition coefficient (Wildman–Crippen LogP) is 3.78. The van der Waals surface area contributed by atoms with Gasteiger partial charge in [-0.25, -0.2) is 4.79 Å². The zero-order valence-corrected chi connectivity index (χ0v) is 22.6. The molecule has 38 heavy (non-hydrogen) atoms. The number of para-hydroxylation sites is 2. The highest BCUT2D eigenvalue weighted by atomic mass is 16.6. The number of hydrogen-bond acceptors (Lipinski definition) is 6. The molecule has 206 valence electrons. The average Bonchev–Trinajstić information content (AvgIpc) is 2.81. The van der Waals surface area contributed by atoms with Crippen LogP contribution < -0.4 is 16.4 Å². The van der Waals surface area contributed by atoms with Crippen LogP contribution >= 0.6 is 0 Å². The van der Waals surface area contributed by atoms with E-state index >= 15 is 0 Å². The van der Waals surface area contributed by atoms with Crippen molar-refractivity contribution in [1.82, 2.24) is 10.2 Å². The van der Waals surface area contributed by atoms with Crippen LogP contribution in [0, 0.1) is 6.92 Å². The Labute approximate surface area is 223 Å². The number of ether oxygens (including phenoxy) is 1. The molecule has 10 nitrogen and oxygen atoms in total. The molecule has 0 fully saturated rings. The van der Waals surface area contributed by atoms with Crippen molar-refractivity contribution in [2.75, 3.05) is 11.9 Å². The Hall–Kier alpha value is -4.08. The minimum Gasteiger partial charge on any atom is -0.508 e. The van der Waals surface area contributed by atoms with Crippen LogP contribution in [-0.4, -0.2) is 52.0 Å². The van der Waals surface area contributed by atoms with E-state index in [-0.39, 0.29) is 17.9 Å². The number of hydrogen-bond donors (Lipinski definition) is 4. The summed E-state index contributed by atoms with van der Waals surface area (Å²) in [5.41, 5.74) is 6.10. The van der Waals surface area contributed by atoms with Gasteiger partial charge in [-0.05, 0) is 51.8 Å². The lowest BCUT2D eigenvalue weighted by Gasteiger charge is -2.34. The molecule has 0 aliphatic rings. The topological polar surface area (TPSA) is 151 Å². The van der Waals surface area contributed by atoms with Gasteiger partial charge in [0.2, 0.25) is 11.8 Å². The highest BCUT2D eigenvalue weighted by Gasteiger charge is 2.38. The summed E-state index contributed by atoms with van der Waals surface area (Å²) in [6, 6.07) is 10.7. The van der Waals surface area contributed by atoms with Gasteiger partial charge in [-0.1, -0.05) is 49.7 Å². The molecule has 0 saturated heterocycles. The van der Waals surface area contributed by atoms with Crippen LogP contribution in [0.15, 0.2) is 48.5 Å². The lowest BCUT2D eigenvalue weighted by Crippen LogP contribution is -2.53. The zero-order valence-electron chi connectivity index (χ0n) is 22.6. The van der Waals surface area contributed by atoms with Gasteiger partial charge in [-0.2, -0.15) is 0 Å². The van der Waals surface area contributed by atoms with Gasteiger partial charge in [0.15, 0.2) is 0 Å². The van der Waals surface area contributed by atoms with E-state index in [2.05, 4.69) is 10.6 Å². The summed E-state index contributed by atoms with van der Waals surface area (Å²) in [6.45, 7) is 8.85. The van der Waals surface area contributed by atoms with Crippen molar-refractivity contribution in [3.63, 3.8) is 0 Å². The number of benzene rings is 2. The molecule has 0 aliphatic carbocycles. The maximum atomic E-state index is 13.9. The number of nitrogens with zero attached hydrogens (tertiary/aromatic N) is 1. The first-order valence-electron chi connectivity index (χ1n) is 12.6. The van der Waals surface area contributed by atoms with E-state index in [1.165, 1.54) is 11.0 Å². The van der Waals surface area contributed by atoms with Gasteiger partial charge >= 0.3 is 6.09 Å². The first-order valence-corrected chi connectivity index (χ1v) is 12.6. The second-order valence-corrected chi connectivity index (χ2v) is 10.0. The van der Waals surface area contributed by atoms with Gasteiger partial charge in [0.05, 0.1) is 6.42 Å². The van der Waals surface area contributed by atoms with Gasteiger partial charge in [0, 0.05) is 17.8 Å². The summed E-state index contributed by atoms with van der Waals surface area (Å²) in [4.78, 5) is 53.3. The number of aryl methyl sites for hydroxylation is 1. The molecule has 2 aromatic rings. The minimum absolute atomic E-state index is 0.112. The summed E-state index contributed by atoms with van der Waals surface area (Å²) in [5, 5.41) is 16.0. The SMILES string of the molecule is CCCCN(C(=O)C(CC(N)=O)NC(=O)OC(C)(C)C)C(C(=O)Nc1ccccc1C)c1ccccc1O. The van der Waals surface area contributed by atoms with Crippen LogP contribution in [0.4, 0.5) is 10.5 Å². The van der Waals surface area contributed by atoms with Crippen molar-refractivity contribution in [3.05, 3.63) is 59.7 Å². The molecule has 0 heterocycles. The van der Waals surface area contributed by atoms with E-state index in [0.29, 0.717) is 18.5 Å². The third kappa shape index (κ3) is 8.79. The number of carbonyl (C=O) groups is 4. The number of nitrogens with one attached hydrogen (secondary N) is 2. The molecule has 10 heteroatoms. The van der Waals surface area contributed by atoms with Crippen molar-refractivity contribution in [3.8, 4) is 5.75 Å². The number of anilines is 1. The summed E-state index contributed by atoms with van der Waals surface area (Å²) in [6.07, 6.45) is -0.205. The first kappa shape index (κ1) is 30.1. The Morgan fingerprint density at radius 1 is 1.05 bits per heavy atom. The fraction of sp³-hybridized carbons (Fsp3) is 0.429. The molecule has 2 rings (SSSR count). The molecule has 0 spiro atoms. The number of carbonyl (C=O) groups excluding carboxylic acids is 4. The largest absolute Gasteiger partial charge is 0.508 e. The van der Waals surface area contributed by atoms with Gasteiger partial charge in [0.25, 0.3) is 5.91 Å². The van der Waals surface area contributed by atoms with E-state index in [4.69, 9.17) is 10.5 Å². The molecule has 0 aliphatic heterocycles. The number of rotatable bonds is 11. The van der Waals surface area contributed by atoms with Crippen LogP contribution in [0.5, 0.6) is 5.75 Å². The van der Waals surface area contributed by atoms with Crippen LogP contribution in [-0.2, 0) is 19.1 Å². The fourth-order valence-corrected chi connectivity index (χ4v) is 3.83. The predicted molar refractivity (Wildman–Crippen MR) is 144 cm³/mol. The van der Waals surface area contributed by atoms with Crippen molar-refractivity contribution in [2.24, 2.45) is 5.73 Å². The Balaban J connectivity index is 2.55. The van der Waals surface area contributed by atoms with E-state index in [1.807, 2.05) is 26.0 Å². The van der Waals surface area contributed by atoms with Crippen molar-refractivity contribution in [2.45, 2.75) is 71.6 Å². The zero-order chi connectivity index (χ0) is 28.5. The Kier molecular flexibility index (Phi) is 10.7. The van der Waals surface area contributed by atoms with E-state index in [9.17, 15) is 24.3 Å². The van der Waals surface area contributed by atoms with Crippen molar-refractivity contribution < 1.29 is 29.0 Å². The third-order valence-electron chi connectivity index (χ3n) is 5.62. The molecule has 5 N–H and O–H groups in total. The second kappa shape index (κ2) is 13.5. The smallest absolute Gasteiger partial charge is 0.408 e. The van der Waals surface area contributed by atoms with Crippen molar-refractivity contribution in [1.29, 1.82) is 0 Å². The van der Waals surface area contributed by atoms with Crippen LogP contribution in [0.2, 0.25) is 0 Å². The highest BCUT2D eigenvalue weighted by Crippen LogP contribution is 2.31. The number of nitrogens with two attached hydrogens (primary N) is 1. The molecule has 0 aromatic heterocycles. The molecule has 2 atom stereocenters. The quantitative estimate of drug-likeness (QED) is 0.350. The normalized spacial score (nSPS) is 12.7. The maximum absolute atomic E-state index is 13.9. The third-order valence-corrected chi connectivity index (χ3v) is 5.62. The molecular formula is C28H38N4O6. The lowest BCUT2D eigenvalue weighted by molar-refractivity contribution is -0.142. The standard InChI is InChI=1S/C28H38N4O6/c1-6-7-16-32(26(36)21(17-23(29)34)31-27(37)38-28(3,4)5)24(19-13-9-11-15-22(19)33)25(35)30-20-14-10-8-12-18(20)2/h8-15,21,24,33H,6-7,16-17H2,1-5H3,(H2,29,34)(H,30,35)(H,31,37). The van der Waals surface area contributed by atoms with Gasteiger partial charge in [-0.15, -0.1) is 0 Å². The van der Waals surface area contributed by atoms with E-state index in [0.717, 1.165) is 5.56 Å². The van der Waals surface area contributed by atoms with E-state index < -0.39 is 47.9 Å². The van der Waals surface area contributed by atoms with Crippen LogP contribution in [0.3, 0.4) is 0 Å². The molecular weight excluding hydrogens is 488 g/mol. The lowest BCUT2D eigenvalue weighted by atomic mass is 10.00. The highest BCUT2D eigenvalue weighted by molar-refractivity contribution is 6.00. The number of phenols is 1. The summed E-state index contributed by atoms with van der Waals surface area (Å²) in [5.74, 6) is -2.28. The number of amides is 4. The molecule has 2 aromatic carbocycles. The summed E-state index contributed by atoms with van der Waals surface area (Å²) >= 11 is 0. The van der Waals surface area contributed by atoms with Gasteiger partial charge in [0.1, 0.15) is 23.4 Å². The number of alkyl carbamates (subject to hydrolysis) is 1. The maximum Gasteiger partial charge on any atom is 0.408 e. The molecule has 0 bridgehead atoms. The Morgan fingerprint density at radius 3 is 2.26 bits per heavy atom. The van der Waals surface area contributed by atoms with E-state index in [1.54, 1.807) is 51.1 Å². The number of primary amides is 1. The first-order chi connectivity index (χ1) is 17.8. The molecule has 0 radical (unpaired) electrons. The Morgan fingerprint density at radius 2 is 1.68 bits per heavy atom. The summed E-state index contributed by atoms with van der Waals surface area (Å²) in [7, 11) is 0. The number of unbranched alkanes of at least 4 members (excludes halogenated alkanes) is 1. The minimum atomic E-state index is -1.39. The van der Waals surface area contributed by atoms with Crippen LogP contribution in [0.1, 0.15) is 64.1 Å². The molecule has 0 saturated carbocycles. The summed E-state index contributed by atoms with van der Waals surface area (Å²) < 4.78 is 5.27.